The van der Waals surface area contributed by atoms with Gasteiger partial charge in [-0.3, -0.25) is 9.00 Å². The van der Waals surface area contributed by atoms with Gasteiger partial charge in [-0.2, -0.15) is 0 Å². The third kappa shape index (κ3) is 4.66. The molecule has 0 aromatic heterocycles. The lowest BCUT2D eigenvalue weighted by Gasteiger charge is -2.34. The fourth-order valence-electron chi connectivity index (χ4n) is 4.14. The van der Waals surface area contributed by atoms with Crippen molar-refractivity contribution >= 4 is 48.8 Å². The molecule has 0 spiro atoms. The number of aliphatic carboxylic acids is 1. The number of piperidine rings is 1. The summed E-state index contributed by atoms with van der Waals surface area (Å²) in [6, 6.07) is 14.3. The first kappa shape index (κ1) is 21.6. The van der Waals surface area contributed by atoms with Crippen molar-refractivity contribution < 1.29 is 14.1 Å². The molecule has 160 valence electrons. The lowest BCUT2D eigenvalue weighted by atomic mass is 9.97. The molecule has 2 heterocycles. The number of likely N-dealkylation sites (tertiary alicyclic amines) is 1. The van der Waals surface area contributed by atoms with Crippen LogP contribution in [0, 0.1) is 5.92 Å². The molecular formula is C22H26N2O3S3. The minimum Gasteiger partial charge on any atom is -0.481 e. The van der Waals surface area contributed by atoms with E-state index < -0.39 is 14.5 Å². The second-order valence-corrected chi connectivity index (χ2v) is 12.9. The molecule has 0 amide bonds. The predicted octanol–water partition coefficient (Wildman–Crippen LogP) is 4.21. The van der Waals surface area contributed by atoms with Crippen LogP contribution in [0.1, 0.15) is 19.3 Å². The van der Waals surface area contributed by atoms with Gasteiger partial charge in [0.1, 0.15) is 0 Å². The van der Waals surface area contributed by atoms with Gasteiger partial charge in [0.2, 0.25) is 0 Å². The number of rotatable bonds is 6. The molecule has 0 aliphatic carbocycles. The monoisotopic (exact) mass is 462 g/mol. The first-order valence-corrected chi connectivity index (χ1v) is 13.9. The number of fused-ring (bicyclic) bond motifs is 2. The zero-order chi connectivity index (χ0) is 21.3. The van der Waals surface area contributed by atoms with Crippen LogP contribution in [-0.2, 0) is 24.5 Å². The van der Waals surface area contributed by atoms with E-state index in [1.165, 1.54) is 10.6 Å². The molecule has 1 N–H and O–H groups in total. The molecule has 30 heavy (non-hydrogen) atoms. The number of hydrogen-bond donors (Lipinski definition) is 1. The zero-order valence-electron chi connectivity index (χ0n) is 17.0. The SMILES string of the molecule is CS(=O)(=S)c1ccc2c(c1)N(CCCN1CCC(C(=O)O)CC1)c1ccccc1S2. The molecule has 2 aromatic carbocycles. The summed E-state index contributed by atoms with van der Waals surface area (Å²) in [5.74, 6) is -0.862. The number of carboxylic acid groups (broad SMARTS) is 1. The average Bonchev–Trinajstić information content (AvgIpc) is 2.72. The van der Waals surface area contributed by atoms with E-state index >= 15 is 0 Å². The maximum Gasteiger partial charge on any atom is 0.306 e. The van der Waals surface area contributed by atoms with Crippen molar-refractivity contribution in [2.24, 2.45) is 5.92 Å². The van der Waals surface area contributed by atoms with E-state index in [2.05, 4.69) is 28.0 Å². The van der Waals surface area contributed by atoms with E-state index in [4.69, 9.17) is 11.2 Å². The fraction of sp³-hybridized carbons (Fsp3) is 0.409. The van der Waals surface area contributed by atoms with Crippen molar-refractivity contribution in [1.29, 1.82) is 0 Å². The Balaban J connectivity index is 1.50. The predicted molar refractivity (Wildman–Crippen MR) is 125 cm³/mol. The van der Waals surface area contributed by atoms with Crippen molar-refractivity contribution in [3.63, 3.8) is 0 Å². The van der Waals surface area contributed by atoms with Gasteiger partial charge >= 0.3 is 5.97 Å². The first-order valence-electron chi connectivity index (χ1n) is 10.2. The van der Waals surface area contributed by atoms with Crippen LogP contribution in [0.3, 0.4) is 0 Å². The van der Waals surface area contributed by atoms with E-state index in [-0.39, 0.29) is 5.92 Å². The Morgan fingerprint density at radius 3 is 2.53 bits per heavy atom. The number of benzene rings is 2. The summed E-state index contributed by atoms with van der Waals surface area (Å²) in [5.41, 5.74) is 2.24. The number of hydrogen-bond acceptors (Lipinski definition) is 6. The highest BCUT2D eigenvalue weighted by Gasteiger charge is 2.26. The van der Waals surface area contributed by atoms with E-state index in [0.717, 1.165) is 56.0 Å². The normalized spacial score (nSPS) is 19.0. The molecule has 0 bridgehead atoms. The molecule has 5 nitrogen and oxygen atoms in total. The van der Waals surface area contributed by atoms with Crippen LogP contribution in [0.5, 0.6) is 0 Å². The molecule has 1 saturated heterocycles. The minimum atomic E-state index is -2.45. The molecule has 4 rings (SSSR count). The van der Waals surface area contributed by atoms with Gasteiger partial charge in [0, 0.05) is 27.5 Å². The summed E-state index contributed by atoms with van der Waals surface area (Å²) < 4.78 is 12.5. The molecular weight excluding hydrogens is 436 g/mol. The third-order valence-corrected chi connectivity index (χ3v) is 8.64. The summed E-state index contributed by atoms with van der Waals surface area (Å²) in [4.78, 5) is 18.9. The van der Waals surface area contributed by atoms with Gasteiger partial charge in [-0.1, -0.05) is 23.9 Å². The van der Waals surface area contributed by atoms with Crippen LogP contribution < -0.4 is 4.90 Å². The van der Waals surface area contributed by atoms with Gasteiger partial charge in [-0.05, 0) is 80.4 Å². The standard InChI is InChI=1S/C22H26N2O3S3/c1-30(27,28)17-7-8-21-19(15-17)24(18-5-2-3-6-20(18)29-21)12-4-11-23-13-9-16(10-14-23)22(25)26/h2-3,5-8,15-16H,4,9-14H2,1H3,(H,25,26). The van der Waals surface area contributed by atoms with E-state index in [1.54, 1.807) is 18.0 Å². The van der Waals surface area contributed by atoms with Gasteiger partial charge in [0.15, 0.2) is 0 Å². The average molecular weight is 463 g/mol. The summed E-state index contributed by atoms with van der Waals surface area (Å²) in [7, 11) is -2.45. The Morgan fingerprint density at radius 2 is 1.83 bits per heavy atom. The number of carbonyl (C=O) groups is 1. The Bertz CT molecular complexity index is 1050. The van der Waals surface area contributed by atoms with Crippen molar-refractivity contribution in [3.8, 4) is 0 Å². The highest BCUT2D eigenvalue weighted by Crippen LogP contribution is 2.48. The Kier molecular flexibility index (Phi) is 6.39. The number of anilines is 2. The van der Waals surface area contributed by atoms with Crippen LogP contribution in [-0.4, -0.2) is 52.6 Å². The first-order chi connectivity index (χ1) is 14.3. The number of nitrogens with zero attached hydrogens (tertiary/aromatic N) is 2. The molecule has 1 unspecified atom stereocenters. The van der Waals surface area contributed by atoms with Crippen LogP contribution in [0.15, 0.2) is 57.2 Å². The second-order valence-electron chi connectivity index (χ2n) is 7.93. The van der Waals surface area contributed by atoms with Crippen molar-refractivity contribution in [2.75, 3.05) is 37.3 Å². The Hall–Kier alpha value is -1.61. The molecule has 1 fully saturated rings. The Morgan fingerprint density at radius 1 is 1.13 bits per heavy atom. The number of carboxylic acids is 1. The van der Waals surface area contributed by atoms with Crippen molar-refractivity contribution in [3.05, 3.63) is 42.5 Å². The second kappa shape index (κ2) is 8.86. The number of para-hydroxylation sites is 1. The molecule has 2 aliphatic heterocycles. The molecule has 0 saturated carbocycles. The molecule has 2 aliphatic rings. The summed E-state index contributed by atoms with van der Waals surface area (Å²) in [6.07, 6.45) is 4.04. The fourth-order valence-corrected chi connectivity index (χ4v) is 6.16. The largest absolute Gasteiger partial charge is 0.481 e. The Labute approximate surface area is 187 Å². The van der Waals surface area contributed by atoms with Gasteiger partial charge in [0.05, 0.1) is 25.8 Å². The van der Waals surface area contributed by atoms with Crippen LogP contribution >= 0.6 is 11.8 Å². The van der Waals surface area contributed by atoms with Crippen molar-refractivity contribution in [2.45, 2.75) is 33.9 Å². The third-order valence-electron chi connectivity index (χ3n) is 5.82. The lowest BCUT2D eigenvalue weighted by molar-refractivity contribution is -0.143. The molecule has 1 atom stereocenters. The van der Waals surface area contributed by atoms with Gasteiger partial charge in [-0.15, -0.1) is 0 Å². The molecule has 0 radical (unpaired) electrons. The van der Waals surface area contributed by atoms with E-state index in [1.807, 2.05) is 24.3 Å². The maximum absolute atomic E-state index is 12.5. The summed E-state index contributed by atoms with van der Waals surface area (Å²) in [5, 5.41) is 9.18. The quantitative estimate of drug-likeness (QED) is 0.690. The van der Waals surface area contributed by atoms with E-state index in [9.17, 15) is 14.1 Å². The highest BCUT2D eigenvalue weighted by molar-refractivity contribution is 8.32. The van der Waals surface area contributed by atoms with Crippen molar-refractivity contribution in [1.82, 2.24) is 4.90 Å². The summed E-state index contributed by atoms with van der Waals surface area (Å²) in [6.45, 7) is 3.48. The molecule has 8 heteroatoms. The van der Waals surface area contributed by atoms with Gasteiger partial charge in [-0.25, -0.2) is 0 Å². The molecule has 2 aromatic rings. The summed E-state index contributed by atoms with van der Waals surface area (Å²) >= 11 is 6.96. The lowest BCUT2D eigenvalue weighted by Crippen LogP contribution is -2.37. The zero-order valence-corrected chi connectivity index (χ0v) is 19.4. The minimum absolute atomic E-state index is 0.195. The maximum atomic E-state index is 12.5. The van der Waals surface area contributed by atoms with E-state index in [0.29, 0.717) is 4.90 Å². The van der Waals surface area contributed by atoms with Gasteiger partial charge in [0.25, 0.3) is 0 Å². The topological polar surface area (TPSA) is 60.9 Å². The van der Waals surface area contributed by atoms with Crippen LogP contribution in [0.4, 0.5) is 11.4 Å². The smallest absolute Gasteiger partial charge is 0.306 e. The van der Waals surface area contributed by atoms with Crippen LogP contribution in [0.25, 0.3) is 0 Å². The highest BCUT2D eigenvalue weighted by atomic mass is 32.8. The van der Waals surface area contributed by atoms with Crippen LogP contribution in [0.2, 0.25) is 0 Å². The van der Waals surface area contributed by atoms with Gasteiger partial charge < -0.3 is 14.9 Å².